The highest BCUT2D eigenvalue weighted by Crippen LogP contribution is 2.36. The maximum absolute atomic E-state index is 10.3. The topological polar surface area (TPSA) is 85.6 Å². The number of hydrogen-bond donors (Lipinski definition) is 2. The zero-order valence-electron chi connectivity index (χ0n) is 12.9. The molecule has 1 aliphatic heterocycles. The first-order valence-electron chi connectivity index (χ1n) is 7.06. The standard InChI is InChI=1S/C13H22BN3O4/c1-12(2)13(3,4)21-14(20-12)10-8-16-17(9-10)7-5-6-15-11(18)19/h8-9,15H,5-7H2,1-4H3,(H,18,19). The van der Waals surface area contributed by atoms with Crippen molar-refractivity contribution in [2.75, 3.05) is 6.54 Å². The van der Waals surface area contributed by atoms with Gasteiger partial charge in [-0.2, -0.15) is 5.10 Å². The Morgan fingerprint density at radius 1 is 1.38 bits per heavy atom. The van der Waals surface area contributed by atoms with Gasteiger partial charge in [0.25, 0.3) is 0 Å². The Hall–Kier alpha value is -1.54. The number of nitrogens with zero attached hydrogens (tertiary/aromatic N) is 2. The predicted octanol–water partition coefficient (Wildman–Crippen LogP) is 0.840. The molecule has 1 aromatic heterocycles. The van der Waals surface area contributed by atoms with Crippen LogP contribution in [-0.4, -0.2) is 45.8 Å². The lowest BCUT2D eigenvalue weighted by Gasteiger charge is -2.32. The third kappa shape index (κ3) is 3.57. The van der Waals surface area contributed by atoms with E-state index in [0.29, 0.717) is 19.5 Å². The van der Waals surface area contributed by atoms with E-state index < -0.39 is 13.2 Å². The van der Waals surface area contributed by atoms with Gasteiger partial charge in [-0.05, 0) is 34.1 Å². The monoisotopic (exact) mass is 295 g/mol. The van der Waals surface area contributed by atoms with Crippen molar-refractivity contribution >= 4 is 18.7 Å². The fourth-order valence-corrected chi connectivity index (χ4v) is 2.04. The van der Waals surface area contributed by atoms with E-state index in [-0.39, 0.29) is 11.2 Å². The van der Waals surface area contributed by atoms with Crippen molar-refractivity contribution in [1.82, 2.24) is 15.1 Å². The molecule has 1 amide bonds. The summed E-state index contributed by atoms with van der Waals surface area (Å²) in [5, 5.41) is 15.1. The molecule has 0 aromatic carbocycles. The van der Waals surface area contributed by atoms with Crippen LogP contribution in [0.3, 0.4) is 0 Å². The maximum atomic E-state index is 10.3. The molecule has 2 N–H and O–H groups in total. The second kappa shape index (κ2) is 5.69. The summed E-state index contributed by atoms with van der Waals surface area (Å²) in [5.41, 5.74) is 0.135. The van der Waals surface area contributed by atoms with E-state index in [1.54, 1.807) is 10.9 Å². The van der Waals surface area contributed by atoms with Gasteiger partial charge in [0.1, 0.15) is 0 Å². The highest BCUT2D eigenvalue weighted by atomic mass is 16.7. The van der Waals surface area contributed by atoms with E-state index in [0.717, 1.165) is 5.46 Å². The first-order chi connectivity index (χ1) is 9.71. The number of nitrogens with one attached hydrogen (secondary N) is 1. The quantitative estimate of drug-likeness (QED) is 0.621. The Kier molecular flexibility index (Phi) is 4.29. The lowest BCUT2D eigenvalue weighted by Crippen LogP contribution is -2.41. The molecule has 1 fully saturated rings. The van der Waals surface area contributed by atoms with Crippen molar-refractivity contribution in [3.05, 3.63) is 12.4 Å². The minimum Gasteiger partial charge on any atom is -0.465 e. The van der Waals surface area contributed by atoms with Gasteiger partial charge >= 0.3 is 13.2 Å². The average molecular weight is 295 g/mol. The molecule has 0 radical (unpaired) electrons. The molecule has 0 atom stereocenters. The van der Waals surface area contributed by atoms with Gasteiger partial charge in [-0.15, -0.1) is 0 Å². The van der Waals surface area contributed by atoms with Crippen molar-refractivity contribution in [3.63, 3.8) is 0 Å². The Morgan fingerprint density at radius 2 is 2.00 bits per heavy atom. The largest absolute Gasteiger partial charge is 0.498 e. The van der Waals surface area contributed by atoms with Crippen LogP contribution in [0.15, 0.2) is 12.4 Å². The third-order valence-electron chi connectivity index (χ3n) is 4.02. The van der Waals surface area contributed by atoms with E-state index in [1.165, 1.54) is 0 Å². The lowest BCUT2D eigenvalue weighted by molar-refractivity contribution is 0.00578. The SMILES string of the molecule is CC1(C)OB(c2cnn(CCCNC(=O)O)c2)OC1(C)C. The van der Waals surface area contributed by atoms with Crippen LogP contribution in [0.1, 0.15) is 34.1 Å². The van der Waals surface area contributed by atoms with Gasteiger partial charge in [0.05, 0.1) is 11.2 Å². The molecule has 116 valence electrons. The highest BCUT2D eigenvalue weighted by Gasteiger charge is 2.52. The van der Waals surface area contributed by atoms with E-state index in [9.17, 15) is 4.79 Å². The van der Waals surface area contributed by atoms with Gasteiger partial charge in [-0.3, -0.25) is 4.68 Å². The predicted molar refractivity (Wildman–Crippen MR) is 78.6 cm³/mol. The summed E-state index contributed by atoms with van der Waals surface area (Å²) in [4.78, 5) is 10.3. The minimum absolute atomic E-state index is 0.370. The highest BCUT2D eigenvalue weighted by molar-refractivity contribution is 6.61. The number of carbonyl (C=O) groups is 1. The molecule has 1 aliphatic rings. The average Bonchev–Trinajstić information content (AvgIpc) is 2.88. The first kappa shape index (κ1) is 15.8. The van der Waals surface area contributed by atoms with Crippen LogP contribution in [0.25, 0.3) is 0 Å². The Bertz CT molecular complexity index is 499. The summed E-state index contributed by atoms with van der Waals surface area (Å²) in [6.45, 7) is 9.08. The van der Waals surface area contributed by atoms with Crippen LogP contribution in [0.5, 0.6) is 0 Å². The van der Waals surface area contributed by atoms with Crippen molar-refractivity contribution in [2.45, 2.75) is 51.9 Å². The van der Waals surface area contributed by atoms with E-state index >= 15 is 0 Å². The van der Waals surface area contributed by atoms with Gasteiger partial charge in [0, 0.05) is 30.9 Å². The number of aryl methyl sites for hydroxylation is 1. The molecule has 0 aliphatic carbocycles. The minimum atomic E-state index is -1.01. The zero-order chi connectivity index (χ0) is 15.7. The molecular formula is C13H22BN3O4. The number of carboxylic acid groups (broad SMARTS) is 1. The fourth-order valence-electron chi connectivity index (χ4n) is 2.04. The Balaban J connectivity index is 1.91. The maximum Gasteiger partial charge on any atom is 0.498 e. The molecule has 8 heteroatoms. The summed E-state index contributed by atoms with van der Waals surface area (Å²) >= 11 is 0. The van der Waals surface area contributed by atoms with Crippen LogP contribution >= 0.6 is 0 Å². The van der Waals surface area contributed by atoms with Crippen LogP contribution in [0.2, 0.25) is 0 Å². The smallest absolute Gasteiger partial charge is 0.465 e. The van der Waals surface area contributed by atoms with Crippen LogP contribution in [0, 0.1) is 0 Å². The first-order valence-corrected chi connectivity index (χ1v) is 7.06. The molecule has 1 saturated heterocycles. The van der Waals surface area contributed by atoms with Gasteiger partial charge in [-0.1, -0.05) is 0 Å². The second-order valence-electron chi connectivity index (χ2n) is 6.21. The summed E-state index contributed by atoms with van der Waals surface area (Å²) in [5.74, 6) is 0. The molecule has 0 bridgehead atoms. The summed E-state index contributed by atoms with van der Waals surface area (Å²) in [6.07, 6.45) is 3.28. The van der Waals surface area contributed by atoms with Gasteiger partial charge in [0.2, 0.25) is 0 Å². The molecule has 0 saturated carbocycles. The fraction of sp³-hybridized carbons (Fsp3) is 0.692. The van der Waals surface area contributed by atoms with Gasteiger partial charge in [-0.25, -0.2) is 4.79 Å². The molecule has 0 unspecified atom stereocenters. The summed E-state index contributed by atoms with van der Waals surface area (Å²) in [7, 11) is -0.416. The van der Waals surface area contributed by atoms with Crippen molar-refractivity contribution in [3.8, 4) is 0 Å². The molecule has 2 rings (SSSR count). The van der Waals surface area contributed by atoms with E-state index in [2.05, 4.69) is 10.4 Å². The molecule has 1 aromatic rings. The second-order valence-corrected chi connectivity index (χ2v) is 6.21. The van der Waals surface area contributed by atoms with E-state index in [1.807, 2.05) is 33.9 Å². The number of rotatable bonds is 5. The number of amides is 1. The van der Waals surface area contributed by atoms with Gasteiger partial charge in [0.15, 0.2) is 0 Å². The number of aromatic nitrogens is 2. The zero-order valence-corrected chi connectivity index (χ0v) is 12.9. The summed E-state index contributed by atoms with van der Waals surface area (Å²) in [6, 6.07) is 0. The van der Waals surface area contributed by atoms with Crippen LogP contribution in [0.4, 0.5) is 4.79 Å². The Morgan fingerprint density at radius 3 is 2.57 bits per heavy atom. The third-order valence-corrected chi connectivity index (χ3v) is 4.02. The van der Waals surface area contributed by atoms with Crippen molar-refractivity contribution in [1.29, 1.82) is 0 Å². The normalized spacial score (nSPS) is 19.7. The summed E-state index contributed by atoms with van der Waals surface area (Å²) < 4.78 is 13.7. The van der Waals surface area contributed by atoms with Crippen molar-refractivity contribution < 1.29 is 19.2 Å². The number of hydrogen-bond acceptors (Lipinski definition) is 4. The van der Waals surface area contributed by atoms with E-state index in [4.69, 9.17) is 14.4 Å². The molecular weight excluding hydrogens is 273 g/mol. The molecule has 7 nitrogen and oxygen atoms in total. The van der Waals surface area contributed by atoms with Crippen molar-refractivity contribution in [2.24, 2.45) is 0 Å². The lowest BCUT2D eigenvalue weighted by atomic mass is 9.82. The molecule has 0 spiro atoms. The van der Waals surface area contributed by atoms with Gasteiger partial charge < -0.3 is 19.7 Å². The van der Waals surface area contributed by atoms with Crippen LogP contribution in [-0.2, 0) is 15.9 Å². The Labute approximate surface area is 124 Å². The molecule has 21 heavy (non-hydrogen) atoms. The van der Waals surface area contributed by atoms with Crippen LogP contribution < -0.4 is 10.8 Å². The molecule has 2 heterocycles.